The van der Waals surface area contributed by atoms with Gasteiger partial charge in [0, 0.05) is 25.6 Å². The predicted molar refractivity (Wildman–Crippen MR) is 77.7 cm³/mol. The Morgan fingerprint density at radius 2 is 2.14 bits per heavy atom. The van der Waals surface area contributed by atoms with Gasteiger partial charge in [-0.1, -0.05) is 0 Å². The summed E-state index contributed by atoms with van der Waals surface area (Å²) in [6.07, 6.45) is 0.699. The second kappa shape index (κ2) is 10.3. The average Bonchev–Trinajstić information content (AvgIpc) is 2.96. The van der Waals surface area contributed by atoms with Gasteiger partial charge in [0.2, 0.25) is 5.01 Å². The molecule has 0 aliphatic carbocycles. The summed E-state index contributed by atoms with van der Waals surface area (Å²) >= 11 is 1.09. The Morgan fingerprint density at radius 3 is 2.86 bits per heavy atom. The van der Waals surface area contributed by atoms with Crippen LogP contribution in [-0.2, 0) is 14.2 Å². The van der Waals surface area contributed by atoms with Crippen LogP contribution in [0.25, 0.3) is 0 Å². The van der Waals surface area contributed by atoms with Gasteiger partial charge in [-0.15, -0.1) is 11.3 Å². The number of hydrogen-bond donors (Lipinski definition) is 1. The zero-order chi connectivity index (χ0) is 15.5. The molecule has 0 saturated heterocycles. The number of carbonyl (C=O) groups excluding carboxylic acids is 2. The molecule has 21 heavy (non-hydrogen) atoms. The first kappa shape index (κ1) is 17.5. The number of ether oxygens (including phenoxy) is 3. The van der Waals surface area contributed by atoms with E-state index in [2.05, 4.69) is 10.3 Å². The van der Waals surface area contributed by atoms with Crippen molar-refractivity contribution in [3.05, 3.63) is 16.1 Å². The maximum absolute atomic E-state index is 11.8. The molecule has 0 aliphatic heterocycles. The van der Waals surface area contributed by atoms with E-state index in [1.807, 2.05) is 0 Å². The molecule has 0 unspecified atom stereocenters. The van der Waals surface area contributed by atoms with E-state index in [0.29, 0.717) is 32.8 Å². The van der Waals surface area contributed by atoms with Gasteiger partial charge in [0.15, 0.2) is 0 Å². The number of nitrogens with one attached hydrogen (secondary N) is 1. The van der Waals surface area contributed by atoms with Gasteiger partial charge in [-0.25, -0.2) is 9.78 Å². The lowest BCUT2D eigenvalue weighted by Gasteiger charge is -2.04. The highest BCUT2D eigenvalue weighted by Crippen LogP contribution is 2.11. The number of esters is 1. The lowest BCUT2D eigenvalue weighted by atomic mass is 10.4. The van der Waals surface area contributed by atoms with Crippen molar-refractivity contribution < 1.29 is 23.8 Å². The molecule has 118 valence electrons. The van der Waals surface area contributed by atoms with Gasteiger partial charge in [-0.3, -0.25) is 4.79 Å². The predicted octanol–water partition coefficient (Wildman–Crippen LogP) is 1.10. The Labute approximate surface area is 127 Å². The summed E-state index contributed by atoms with van der Waals surface area (Å²) in [4.78, 5) is 27.2. The molecule has 1 N–H and O–H groups in total. The maximum atomic E-state index is 11.8. The number of rotatable bonds is 10. The molecule has 0 aliphatic rings. The van der Waals surface area contributed by atoms with Crippen molar-refractivity contribution in [3.63, 3.8) is 0 Å². The average molecular weight is 316 g/mol. The number of nitrogens with zero attached hydrogens (tertiary/aromatic N) is 1. The molecule has 0 spiro atoms. The summed E-state index contributed by atoms with van der Waals surface area (Å²) in [7, 11) is 1.61. The van der Waals surface area contributed by atoms with Crippen molar-refractivity contribution in [3.8, 4) is 0 Å². The third kappa shape index (κ3) is 6.65. The number of thiazole rings is 1. The topological polar surface area (TPSA) is 86.8 Å². The minimum absolute atomic E-state index is 0.185. The monoisotopic (exact) mass is 316 g/mol. The first-order valence-corrected chi connectivity index (χ1v) is 7.54. The lowest BCUT2D eigenvalue weighted by molar-refractivity contribution is 0.0526. The molecule has 1 aromatic rings. The molecule has 0 radical (unpaired) electrons. The van der Waals surface area contributed by atoms with Crippen LogP contribution in [0, 0.1) is 0 Å². The van der Waals surface area contributed by atoms with Gasteiger partial charge < -0.3 is 19.5 Å². The third-order valence-electron chi connectivity index (χ3n) is 2.37. The number of amides is 1. The van der Waals surface area contributed by atoms with Crippen molar-refractivity contribution in [1.82, 2.24) is 10.3 Å². The van der Waals surface area contributed by atoms with Crippen LogP contribution in [0.5, 0.6) is 0 Å². The largest absolute Gasteiger partial charge is 0.461 e. The third-order valence-corrected chi connectivity index (χ3v) is 3.19. The Balaban J connectivity index is 2.25. The summed E-state index contributed by atoms with van der Waals surface area (Å²) < 4.78 is 14.9. The van der Waals surface area contributed by atoms with Crippen molar-refractivity contribution in [2.75, 3.05) is 40.1 Å². The summed E-state index contributed by atoms with van der Waals surface area (Å²) in [5, 5.41) is 4.44. The molecule has 0 atom stereocenters. The molecule has 0 fully saturated rings. The van der Waals surface area contributed by atoms with E-state index in [0.717, 1.165) is 11.3 Å². The molecule has 0 bridgehead atoms. The molecule has 1 aromatic heterocycles. The number of methoxy groups -OCH3 is 1. The van der Waals surface area contributed by atoms with Crippen molar-refractivity contribution in [2.24, 2.45) is 0 Å². The highest BCUT2D eigenvalue weighted by atomic mass is 32.1. The van der Waals surface area contributed by atoms with Crippen LogP contribution in [0.4, 0.5) is 0 Å². The van der Waals surface area contributed by atoms with Crippen LogP contribution in [0.3, 0.4) is 0 Å². The zero-order valence-corrected chi connectivity index (χ0v) is 13.0. The fourth-order valence-electron chi connectivity index (χ4n) is 1.38. The van der Waals surface area contributed by atoms with E-state index in [4.69, 9.17) is 14.2 Å². The van der Waals surface area contributed by atoms with Gasteiger partial charge in [0.25, 0.3) is 5.91 Å². The van der Waals surface area contributed by atoms with Crippen LogP contribution in [0.2, 0.25) is 0 Å². The summed E-state index contributed by atoms with van der Waals surface area (Å²) in [5.41, 5.74) is 0.225. The molecule has 7 nitrogen and oxygen atoms in total. The first-order valence-electron chi connectivity index (χ1n) is 6.66. The zero-order valence-electron chi connectivity index (χ0n) is 12.2. The lowest BCUT2D eigenvalue weighted by Crippen LogP contribution is -2.25. The Hall–Kier alpha value is -1.51. The molecule has 1 heterocycles. The molecule has 0 aromatic carbocycles. The fourth-order valence-corrected chi connectivity index (χ4v) is 2.06. The van der Waals surface area contributed by atoms with Crippen LogP contribution in [0.15, 0.2) is 5.38 Å². The van der Waals surface area contributed by atoms with Gasteiger partial charge in [0.1, 0.15) is 5.69 Å². The SMILES string of the molecule is CCOC(=O)c1nc(C(=O)NCCCOCCOC)cs1. The minimum Gasteiger partial charge on any atom is -0.461 e. The minimum atomic E-state index is -0.506. The standard InChI is InChI=1S/C13H20N2O5S/c1-3-20-13(17)12-15-10(9-21-12)11(16)14-5-4-6-19-8-7-18-2/h9H,3-8H2,1-2H3,(H,14,16). The highest BCUT2D eigenvalue weighted by Gasteiger charge is 2.15. The quantitative estimate of drug-likeness (QED) is 0.514. The van der Waals surface area contributed by atoms with Crippen LogP contribution in [-0.4, -0.2) is 56.9 Å². The second-order valence-electron chi connectivity index (χ2n) is 3.97. The number of aromatic nitrogens is 1. The second-order valence-corrected chi connectivity index (χ2v) is 4.83. The van der Waals surface area contributed by atoms with Gasteiger partial charge in [-0.2, -0.15) is 0 Å². The van der Waals surface area contributed by atoms with E-state index in [9.17, 15) is 9.59 Å². The van der Waals surface area contributed by atoms with Crippen molar-refractivity contribution in [2.45, 2.75) is 13.3 Å². The number of hydrogen-bond acceptors (Lipinski definition) is 7. The summed E-state index contributed by atoms with van der Waals surface area (Å²) in [6, 6.07) is 0. The summed E-state index contributed by atoms with van der Waals surface area (Å²) in [5.74, 6) is -0.813. The van der Waals surface area contributed by atoms with Crippen LogP contribution < -0.4 is 5.32 Å². The smallest absolute Gasteiger partial charge is 0.367 e. The molecule has 1 rings (SSSR count). The molecule has 8 heteroatoms. The van der Waals surface area contributed by atoms with Crippen LogP contribution >= 0.6 is 11.3 Å². The summed E-state index contributed by atoms with van der Waals surface area (Å²) in [6.45, 7) is 4.13. The molecular formula is C13H20N2O5S. The van der Waals surface area contributed by atoms with E-state index < -0.39 is 5.97 Å². The Kier molecular flexibility index (Phi) is 8.56. The van der Waals surface area contributed by atoms with Crippen molar-refractivity contribution in [1.29, 1.82) is 0 Å². The maximum Gasteiger partial charge on any atom is 0.367 e. The van der Waals surface area contributed by atoms with Gasteiger partial charge in [-0.05, 0) is 13.3 Å². The van der Waals surface area contributed by atoms with Crippen LogP contribution in [0.1, 0.15) is 33.6 Å². The Morgan fingerprint density at radius 1 is 1.33 bits per heavy atom. The molecule has 1 amide bonds. The highest BCUT2D eigenvalue weighted by molar-refractivity contribution is 7.11. The van der Waals surface area contributed by atoms with Gasteiger partial charge in [0.05, 0.1) is 19.8 Å². The normalized spacial score (nSPS) is 10.4. The Bertz CT molecular complexity index is 450. The van der Waals surface area contributed by atoms with E-state index >= 15 is 0 Å². The van der Waals surface area contributed by atoms with Crippen molar-refractivity contribution >= 4 is 23.2 Å². The number of carbonyl (C=O) groups is 2. The van der Waals surface area contributed by atoms with Gasteiger partial charge >= 0.3 is 5.97 Å². The fraction of sp³-hybridized carbons (Fsp3) is 0.615. The van der Waals surface area contributed by atoms with E-state index in [-0.39, 0.29) is 23.2 Å². The first-order chi connectivity index (χ1) is 10.2. The molecule has 0 saturated carbocycles. The molecular weight excluding hydrogens is 296 g/mol. The van der Waals surface area contributed by atoms with E-state index in [1.54, 1.807) is 14.0 Å². The van der Waals surface area contributed by atoms with E-state index in [1.165, 1.54) is 5.38 Å².